The van der Waals surface area contributed by atoms with E-state index in [2.05, 4.69) is 18.7 Å². The predicted molar refractivity (Wildman–Crippen MR) is 79.0 cm³/mol. The minimum Gasteiger partial charge on any atom is -0.465 e. The molecular formula is C16H19NO3. The van der Waals surface area contributed by atoms with E-state index in [1.54, 1.807) is 12.3 Å². The van der Waals surface area contributed by atoms with Crippen LogP contribution in [-0.4, -0.2) is 26.2 Å². The Kier molecular flexibility index (Phi) is 4.45. The molecular weight excluding hydrogens is 254 g/mol. The molecule has 0 spiro atoms. The molecule has 1 aromatic carbocycles. The summed E-state index contributed by atoms with van der Waals surface area (Å²) >= 11 is 0. The number of carbonyl (C=O) groups is 1. The van der Waals surface area contributed by atoms with E-state index in [1.165, 1.54) is 7.11 Å². The number of nitrogens with zero attached hydrogens (tertiary/aromatic N) is 1. The first kappa shape index (κ1) is 14.2. The topological polar surface area (TPSA) is 42.7 Å². The zero-order chi connectivity index (χ0) is 14.5. The van der Waals surface area contributed by atoms with Gasteiger partial charge in [-0.1, -0.05) is 0 Å². The fourth-order valence-corrected chi connectivity index (χ4v) is 2.24. The molecule has 2 rings (SSSR count). The van der Waals surface area contributed by atoms with Crippen molar-refractivity contribution < 1.29 is 13.9 Å². The molecule has 0 atom stereocenters. The van der Waals surface area contributed by atoms with Crippen LogP contribution in [0.3, 0.4) is 0 Å². The zero-order valence-corrected chi connectivity index (χ0v) is 12.1. The summed E-state index contributed by atoms with van der Waals surface area (Å²) in [7, 11) is 1.39. The summed E-state index contributed by atoms with van der Waals surface area (Å²) in [6, 6.07) is 9.29. The van der Waals surface area contributed by atoms with Gasteiger partial charge in [0.1, 0.15) is 5.76 Å². The Morgan fingerprint density at radius 3 is 2.55 bits per heavy atom. The molecule has 0 aliphatic rings. The maximum absolute atomic E-state index is 11.7. The molecule has 0 saturated heterocycles. The van der Waals surface area contributed by atoms with E-state index in [9.17, 15) is 4.79 Å². The SMILES string of the molecule is CCN(CC)c1cc(C(=O)OC)ccc1-c1ccco1. The molecule has 106 valence electrons. The van der Waals surface area contributed by atoms with Crippen LogP contribution in [-0.2, 0) is 4.74 Å². The number of benzene rings is 1. The van der Waals surface area contributed by atoms with Gasteiger partial charge in [-0.15, -0.1) is 0 Å². The van der Waals surface area contributed by atoms with Crippen LogP contribution in [0.25, 0.3) is 11.3 Å². The Morgan fingerprint density at radius 2 is 2.00 bits per heavy atom. The van der Waals surface area contributed by atoms with E-state index in [4.69, 9.17) is 9.15 Å². The van der Waals surface area contributed by atoms with Crippen molar-refractivity contribution in [1.29, 1.82) is 0 Å². The van der Waals surface area contributed by atoms with Crippen molar-refractivity contribution in [2.75, 3.05) is 25.1 Å². The summed E-state index contributed by atoms with van der Waals surface area (Å²) in [5.74, 6) is 0.465. The Bertz CT molecular complexity index is 571. The third kappa shape index (κ3) is 2.69. The average molecular weight is 273 g/mol. The number of hydrogen-bond donors (Lipinski definition) is 0. The monoisotopic (exact) mass is 273 g/mol. The first-order valence-corrected chi connectivity index (χ1v) is 6.72. The second-order valence-corrected chi connectivity index (χ2v) is 4.37. The van der Waals surface area contributed by atoms with Gasteiger partial charge < -0.3 is 14.1 Å². The summed E-state index contributed by atoms with van der Waals surface area (Å²) in [6.45, 7) is 5.88. The molecule has 4 nitrogen and oxygen atoms in total. The van der Waals surface area contributed by atoms with Gasteiger partial charge in [-0.25, -0.2) is 4.79 Å². The molecule has 0 N–H and O–H groups in total. The van der Waals surface area contributed by atoms with E-state index in [0.717, 1.165) is 30.1 Å². The second kappa shape index (κ2) is 6.28. The highest BCUT2D eigenvalue weighted by molar-refractivity contribution is 5.92. The van der Waals surface area contributed by atoms with Gasteiger partial charge in [-0.2, -0.15) is 0 Å². The van der Waals surface area contributed by atoms with Crippen LogP contribution in [0, 0.1) is 0 Å². The minimum absolute atomic E-state index is 0.329. The number of rotatable bonds is 5. The van der Waals surface area contributed by atoms with Gasteiger partial charge in [-0.3, -0.25) is 0 Å². The van der Waals surface area contributed by atoms with Crippen LogP contribution in [0.5, 0.6) is 0 Å². The zero-order valence-electron chi connectivity index (χ0n) is 12.1. The molecule has 0 aliphatic heterocycles. The Balaban J connectivity index is 2.54. The molecule has 4 heteroatoms. The fourth-order valence-electron chi connectivity index (χ4n) is 2.24. The molecule has 0 amide bonds. The number of anilines is 1. The molecule has 0 radical (unpaired) electrons. The van der Waals surface area contributed by atoms with Crippen LogP contribution < -0.4 is 4.90 Å². The standard InChI is InChI=1S/C16H19NO3/c1-4-17(5-2)14-11-12(16(18)19-3)8-9-13(14)15-7-6-10-20-15/h6-11H,4-5H2,1-3H3. The predicted octanol–water partition coefficient (Wildman–Crippen LogP) is 3.58. The van der Waals surface area contributed by atoms with Gasteiger partial charge in [0, 0.05) is 24.3 Å². The lowest BCUT2D eigenvalue weighted by Gasteiger charge is -2.24. The van der Waals surface area contributed by atoms with Crippen molar-refractivity contribution in [2.45, 2.75) is 13.8 Å². The van der Waals surface area contributed by atoms with Crippen molar-refractivity contribution in [2.24, 2.45) is 0 Å². The molecule has 0 saturated carbocycles. The molecule has 0 aliphatic carbocycles. The Labute approximate surface area is 119 Å². The van der Waals surface area contributed by atoms with E-state index in [-0.39, 0.29) is 5.97 Å². The first-order chi connectivity index (χ1) is 9.71. The normalized spacial score (nSPS) is 10.3. The van der Waals surface area contributed by atoms with Gasteiger partial charge >= 0.3 is 5.97 Å². The van der Waals surface area contributed by atoms with E-state index in [0.29, 0.717) is 5.56 Å². The van der Waals surface area contributed by atoms with Gasteiger partial charge in [-0.05, 0) is 44.2 Å². The van der Waals surface area contributed by atoms with Crippen LogP contribution in [0.4, 0.5) is 5.69 Å². The summed E-state index contributed by atoms with van der Waals surface area (Å²) < 4.78 is 10.3. The highest BCUT2D eigenvalue weighted by atomic mass is 16.5. The number of hydrogen-bond acceptors (Lipinski definition) is 4. The lowest BCUT2D eigenvalue weighted by atomic mass is 10.1. The number of esters is 1. The van der Waals surface area contributed by atoms with E-state index >= 15 is 0 Å². The Morgan fingerprint density at radius 1 is 1.25 bits per heavy atom. The molecule has 20 heavy (non-hydrogen) atoms. The van der Waals surface area contributed by atoms with Gasteiger partial charge in [0.2, 0.25) is 0 Å². The molecule has 0 bridgehead atoms. The van der Waals surface area contributed by atoms with Crippen molar-refractivity contribution >= 4 is 11.7 Å². The number of carbonyl (C=O) groups excluding carboxylic acids is 1. The van der Waals surface area contributed by atoms with Crippen LogP contribution in [0.1, 0.15) is 24.2 Å². The summed E-state index contributed by atoms with van der Waals surface area (Å²) in [5, 5.41) is 0. The molecule has 0 unspecified atom stereocenters. The van der Waals surface area contributed by atoms with E-state index in [1.807, 2.05) is 24.3 Å². The maximum Gasteiger partial charge on any atom is 0.337 e. The van der Waals surface area contributed by atoms with Gasteiger partial charge in [0.25, 0.3) is 0 Å². The molecule has 0 fully saturated rings. The Hall–Kier alpha value is -2.23. The molecule has 1 aromatic heterocycles. The number of ether oxygens (including phenoxy) is 1. The third-order valence-corrected chi connectivity index (χ3v) is 3.31. The van der Waals surface area contributed by atoms with Crippen molar-refractivity contribution in [3.8, 4) is 11.3 Å². The smallest absolute Gasteiger partial charge is 0.337 e. The quantitative estimate of drug-likeness (QED) is 0.781. The van der Waals surface area contributed by atoms with Gasteiger partial charge in [0.05, 0.1) is 18.9 Å². The van der Waals surface area contributed by atoms with Crippen molar-refractivity contribution in [3.63, 3.8) is 0 Å². The molecule has 2 aromatic rings. The van der Waals surface area contributed by atoms with Crippen LogP contribution >= 0.6 is 0 Å². The minimum atomic E-state index is -0.329. The van der Waals surface area contributed by atoms with Crippen LogP contribution in [0.15, 0.2) is 41.0 Å². The lowest BCUT2D eigenvalue weighted by Crippen LogP contribution is -2.23. The second-order valence-electron chi connectivity index (χ2n) is 4.37. The third-order valence-electron chi connectivity index (χ3n) is 3.31. The lowest BCUT2D eigenvalue weighted by molar-refractivity contribution is 0.0601. The number of methoxy groups -OCH3 is 1. The first-order valence-electron chi connectivity index (χ1n) is 6.72. The van der Waals surface area contributed by atoms with E-state index < -0.39 is 0 Å². The highest BCUT2D eigenvalue weighted by Gasteiger charge is 2.16. The average Bonchev–Trinajstić information content (AvgIpc) is 3.01. The van der Waals surface area contributed by atoms with Crippen molar-refractivity contribution in [3.05, 3.63) is 42.2 Å². The largest absolute Gasteiger partial charge is 0.465 e. The highest BCUT2D eigenvalue weighted by Crippen LogP contribution is 2.32. The fraction of sp³-hybridized carbons (Fsp3) is 0.312. The maximum atomic E-state index is 11.7. The van der Waals surface area contributed by atoms with Crippen molar-refractivity contribution in [1.82, 2.24) is 0 Å². The number of furan rings is 1. The van der Waals surface area contributed by atoms with Gasteiger partial charge in [0.15, 0.2) is 0 Å². The summed E-state index contributed by atoms with van der Waals surface area (Å²) in [6.07, 6.45) is 1.65. The summed E-state index contributed by atoms with van der Waals surface area (Å²) in [4.78, 5) is 13.9. The molecule has 1 heterocycles. The van der Waals surface area contributed by atoms with Crippen LogP contribution in [0.2, 0.25) is 0 Å². The summed E-state index contributed by atoms with van der Waals surface area (Å²) in [5.41, 5.74) is 2.50.